The molecule has 1 saturated heterocycles. The van der Waals surface area contributed by atoms with E-state index in [4.69, 9.17) is 18.9 Å². The van der Waals surface area contributed by atoms with E-state index in [9.17, 15) is 0 Å². The van der Waals surface area contributed by atoms with Gasteiger partial charge < -0.3 is 18.9 Å². The monoisotopic (exact) mass is 190 g/mol. The Morgan fingerprint density at radius 3 is 2.15 bits per heavy atom. The molecule has 0 radical (unpaired) electrons. The van der Waals surface area contributed by atoms with E-state index in [0.717, 1.165) is 6.42 Å². The maximum absolute atomic E-state index is 5.49. The molecule has 0 N–H and O–H groups in total. The highest BCUT2D eigenvalue weighted by molar-refractivity contribution is 4.82. The van der Waals surface area contributed by atoms with Gasteiger partial charge in [0.1, 0.15) is 0 Å². The molecule has 1 aliphatic heterocycles. The molecule has 4 nitrogen and oxygen atoms in total. The molecule has 0 aromatic rings. The molecule has 1 aliphatic rings. The molecule has 78 valence electrons. The van der Waals surface area contributed by atoms with Crippen molar-refractivity contribution in [1.82, 2.24) is 0 Å². The molecule has 0 aromatic heterocycles. The molecule has 1 rings (SSSR count). The summed E-state index contributed by atoms with van der Waals surface area (Å²) in [7, 11) is 4.91. The van der Waals surface area contributed by atoms with Crippen LogP contribution < -0.4 is 0 Å². The Labute approximate surface area is 79.1 Å². The zero-order chi connectivity index (χ0) is 9.95. The molecule has 13 heavy (non-hydrogen) atoms. The van der Waals surface area contributed by atoms with Crippen LogP contribution in [0.3, 0.4) is 0 Å². The summed E-state index contributed by atoms with van der Waals surface area (Å²) in [4.78, 5) is 0. The topological polar surface area (TPSA) is 36.9 Å². The molecule has 0 saturated carbocycles. The number of ether oxygens (including phenoxy) is 4. The predicted octanol–water partition coefficient (Wildman–Crippen LogP) is 1.15. The van der Waals surface area contributed by atoms with Crippen molar-refractivity contribution in [3.05, 3.63) is 0 Å². The van der Waals surface area contributed by atoms with Crippen LogP contribution in [0.4, 0.5) is 0 Å². The standard InChI is InChI=1S/C9H18O4/c1-8(10-2)7-9(11-3,12-4)5-6-13-8/h5-7H2,1-4H3. The zero-order valence-corrected chi connectivity index (χ0v) is 8.75. The van der Waals surface area contributed by atoms with Gasteiger partial charge in [-0.15, -0.1) is 0 Å². The molecule has 0 aromatic carbocycles. The average Bonchev–Trinajstić information content (AvgIpc) is 2.18. The van der Waals surface area contributed by atoms with Crippen molar-refractivity contribution < 1.29 is 18.9 Å². The van der Waals surface area contributed by atoms with Crippen LogP contribution in [-0.2, 0) is 18.9 Å². The van der Waals surface area contributed by atoms with Gasteiger partial charge >= 0.3 is 0 Å². The fourth-order valence-corrected chi connectivity index (χ4v) is 1.61. The van der Waals surface area contributed by atoms with Crippen LogP contribution in [0.15, 0.2) is 0 Å². The lowest BCUT2D eigenvalue weighted by molar-refractivity contribution is -0.329. The van der Waals surface area contributed by atoms with Crippen LogP contribution in [0.1, 0.15) is 19.8 Å². The van der Waals surface area contributed by atoms with E-state index in [1.165, 1.54) is 0 Å². The summed E-state index contributed by atoms with van der Waals surface area (Å²) in [5.41, 5.74) is 0. The summed E-state index contributed by atoms with van der Waals surface area (Å²) in [5.74, 6) is -1.15. The summed E-state index contributed by atoms with van der Waals surface area (Å²) in [5, 5.41) is 0. The smallest absolute Gasteiger partial charge is 0.174 e. The Morgan fingerprint density at radius 2 is 1.69 bits per heavy atom. The van der Waals surface area contributed by atoms with E-state index in [-0.39, 0.29) is 0 Å². The maximum atomic E-state index is 5.49. The van der Waals surface area contributed by atoms with Crippen molar-refractivity contribution in [2.75, 3.05) is 27.9 Å². The molecular weight excluding hydrogens is 172 g/mol. The first kappa shape index (κ1) is 10.9. The summed E-state index contributed by atoms with van der Waals surface area (Å²) < 4.78 is 21.4. The largest absolute Gasteiger partial charge is 0.353 e. The number of hydrogen-bond donors (Lipinski definition) is 0. The lowest BCUT2D eigenvalue weighted by atomic mass is 10.00. The van der Waals surface area contributed by atoms with Gasteiger partial charge in [-0.05, 0) is 6.92 Å². The van der Waals surface area contributed by atoms with Gasteiger partial charge in [0.2, 0.25) is 0 Å². The van der Waals surface area contributed by atoms with Gasteiger partial charge in [0.25, 0.3) is 0 Å². The lowest BCUT2D eigenvalue weighted by Crippen LogP contribution is -2.50. The van der Waals surface area contributed by atoms with E-state index in [1.54, 1.807) is 21.3 Å². The zero-order valence-electron chi connectivity index (χ0n) is 8.75. The van der Waals surface area contributed by atoms with Crippen LogP contribution in [-0.4, -0.2) is 39.5 Å². The summed E-state index contributed by atoms with van der Waals surface area (Å²) >= 11 is 0. The highest BCUT2D eigenvalue weighted by Crippen LogP contribution is 2.35. The number of rotatable bonds is 3. The van der Waals surface area contributed by atoms with Gasteiger partial charge in [-0.3, -0.25) is 0 Å². The molecule has 0 bridgehead atoms. The van der Waals surface area contributed by atoms with Crippen molar-refractivity contribution in [2.45, 2.75) is 31.3 Å². The molecule has 0 amide bonds. The Balaban J connectivity index is 2.69. The minimum atomic E-state index is -0.593. The van der Waals surface area contributed by atoms with Gasteiger partial charge in [0.05, 0.1) is 13.0 Å². The van der Waals surface area contributed by atoms with Crippen molar-refractivity contribution in [2.24, 2.45) is 0 Å². The fraction of sp³-hybridized carbons (Fsp3) is 1.00. The molecular formula is C9H18O4. The number of hydrogen-bond acceptors (Lipinski definition) is 4. The minimum Gasteiger partial charge on any atom is -0.353 e. The molecule has 0 aliphatic carbocycles. The molecule has 0 spiro atoms. The number of methoxy groups -OCH3 is 3. The van der Waals surface area contributed by atoms with Crippen LogP contribution in [0.5, 0.6) is 0 Å². The highest BCUT2D eigenvalue weighted by Gasteiger charge is 2.44. The van der Waals surface area contributed by atoms with Crippen LogP contribution in [0.2, 0.25) is 0 Å². The van der Waals surface area contributed by atoms with Crippen molar-refractivity contribution in [1.29, 1.82) is 0 Å². The average molecular weight is 190 g/mol. The third kappa shape index (κ3) is 2.20. The van der Waals surface area contributed by atoms with Gasteiger partial charge in [-0.1, -0.05) is 0 Å². The van der Waals surface area contributed by atoms with Crippen LogP contribution in [0, 0.1) is 0 Å². The first-order valence-electron chi connectivity index (χ1n) is 4.39. The Morgan fingerprint density at radius 1 is 1.08 bits per heavy atom. The molecule has 1 unspecified atom stereocenters. The minimum absolute atomic E-state index is 0.553. The van der Waals surface area contributed by atoms with E-state index < -0.39 is 11.6 Å². The van der Waals surface area contributed by atoms with E-state index in [0.29, 0.717) is 13.0 Å². The van der Waals surface area contributed by atoms with Crippen LogP contribution >= 0.6 is 0 Å². The van der Waals surface area contributed by atoms with E-state index in [1.807, 2.05) is 6.92 Å². The Hall–Kier alpha value is -0.160. The molecule has 1 fully saturated rings. The van der Waals surface area contributed by atoms with Gasteiger partial charge in [0.15, 0.2) is 11.6 Å². The predicted molar refractivity (Wildman–Crippen MR) is 47.3 cm³/mol. The summed E-state index contributed by atoms with van der Waals surface area (Å²) in [6.45, 7) is 2.48. The maximum Gasteiger partial charge on any atom is 0.174 e. The third-order valence-electron chi connectivity index (χ3n) is 2.66. The Bertz CT molecular complexity index is 167. The normalized spacial score (nSPS) is 33.2. The second-order valence-corrected chi connectivity index (χ2v) is 3.43. The fourth-order valence-electron chi connectivity index (χ4n) is 1.61. The third-order valence-corrected chi connectivity index (χ3v) is 2.66. The summed E-state index contributed by atoms with van der Waals surface area (Å²) in [6.07, 6.45) is 1.32. The van der Waals surface area contributed by atoms with Gasteiger partial charge in [0, 0.05) is 27.8 Å². The van der Waals surface area contributed by atoms with E-state index >= 15 is 0 Å². The second kappa shape index (κ2) is 3.92. The SMILES string of the molecule is COC1(C)CC(OC)(OC)CCO1. The first-order valence-corrected chi connectivity index (χ1v) is 4.39. The van der Waals surface area contributed by atoms with Gasteiger partial charge in [-0.25, -0.2) is 0 Å². The van der Waals surface area contributed by atoms with Crippen molar-refractivity contribution >= 4 is 0 Å². The van der Waals surface area contributed by atoms with E-state index in [2.05, 4.69) is 0 Å². The summed E-state index contributed by atoms with van der Waals surface area (Å²) in [6, 6.07) is 0. The molecule has 1 heterocycles. The van der Waals surface area contributed by atoms with Crippen LogP contribution in [0.25, 0.3) is 0 Å². The van der Waals surface area contributed by atoms with Gasteiger partial charge in [-0.2, -0.15) is 0 Å². The van der Waals surface area contributed by atoms with Crippen molar-refractivity contribution in [3.63, 3.8) is 0 Å². The molecule has 4 heteroatoms. The first-order chi connectivity index (χ1) is 6.10. The Kier molecular flexibility index (Phi) is 3.29. The quantitative estimate of drug-likeness (QED) is 0.625. The highest BCUT2D eigenvalue weighted by atomic mass is 16.7. The molecule has 1 atom stereocenters. The van der Waals surface area contributed by atoms with Crippen molar-refractivity contribution in [3.8, 4) is 0 Å². The lowest BCUT2D eigenvalue weighted by Gasteiger charge is -2.43. The second-order valence-electron chi connectivity index (χ2n) is 3.43.